The number of nitriles is 1. The van der Waals surface area contributed by atoms with Crippen LogP contribution < -0.4 is 4.90 Å². The summed E-state index contributed by atoms with van der Waals surface area (Å²) in [5, 5.41) is 8.77. The number of anilines is 1. The largest absolute Gasteiger partial charge is 0.372 e. The van der Waals surface area contributed by atoms with Gasteiger partial charge in [0.05, 0.1) is 11.6 Å². The van der Waals surface area contributed by atoms with E-state index in [1.54, 1.807) is 24.3 Å². The molecule has 3 nitrogen and oxygen atoms in total. The third-order valence-corrected chi connectivity index (χ3v) is 3.94. The van der Waals surface area contributed by atoms with Crippen molar-refractivity contribution >= 4 is 23.6 Å². The first-order valence-electron chi connectivity index (χ1n) is 8.41. The highest BCUT2D eigenvalue weighted by molar-refractivity contribution is 6.04. The molecule has 2 aromatic rings. The lowest BCUT2D eigenvalue weighted by Crippen LogP contribution is -2.21. The molecular formula is C22H22N2O. The SMILES string of the molecule is CCN(CC)c1ccc(C=CC(=O)C=Cc2ccc(C#N)cc2)cc1. The second-order valence-corrected chi connectivity index (χ2v) is 5.57. The van der Waals surface area contributed by atoms with Gasteiger partial charge in [-0.2, -0.15) is 5.26 Å². The van der Waals surface area contributed by atoms with Gasteiger partial charge < -0.3 is 4.90 Å². The van der Waals surface area contributed by atoms with Crippen molar-refractivity contribution in [3.05, 3.63) is 77.4 Å². The summed E-state index contributed by atoms with van der Waals surface area (Å²) in [6.45, 7) is 6.22. The van der Waals surface area contributed by atoms with Crippen LogP contribution in [-0.2, 0) is 4.79 Å². The Balaban J connectivity index is 1.97. The van der Waals surface area contributed by atoms with Crippen LogP contribution in [0.1, 0.15) is 30.5 Å². The van der Waals surface area contributed by atoms with Crippen LogP contribution in [0.15, 0.2) is 60.7 Å². The average Bonchev–Trinajstić information content (AvgIpc) is 2.67. The molecule has 3 heteroatoms. The molecule has 0 aromatic heterocycles. The van der Waals surface area contributed by atoms with Crippen LogP contribution in [0.25, 0.3) is 12.2 Å². The van der Waals surface area contributed by atoms with Gasteiger partial charge in [-0.25, -0.2) is 0 Å². The number of allylic oxidation sites excluding steroid dienone is 2. The van der Waals surface area contributed by atoms with Crippen molar-refractivity contribution in [2.75, 3.05) is 18.0 Å². The monoisotopic (exact) mass is 330 g/mol. The topological polar surface area (TPSA) is 44.1 Å². The predicted octanol–water partition coefficient (Wildman–Crippen LogP) is 4.70. The smallest absolute Gasteiger partial charge is 0.178 e. The number of nitrogens with zero attached hydrogens (tertiary/aromatic N) is 2. The molecule has 0 saturated carbocycles. The summed E-state index contributed by atoms with van der Waals surface area (Å²) in [5.74, 6) is -0.0721. The minimum absolute atomic E-state index is 0.0721. The van der Waals surface area contributed by atoms with Crippen molar-refractivity contribution in [1.82, 2.24) is 0 Å². The van der Waals surface area contributed by atoms with E-state index in [-0.39, 0.29) is 5.78 Å². The molecular weight excluding hydrogens is 308 g/mol. The van der Waals surface area contributed by atoms with Gasteiger partial charge in [-0.1, -0.05) is 36.4 Å². The fourth-order valence-electron chi connectivity index (χ4n) is 2.47. The maximum Gasteiger partial charge on any atom is 0.178 e. The van der Waals surface area contributed by atoms with Gasteiger partial charge in [-0.3, -0.25) is 4.79 Å². The van der Waals surface area contributed by atoms with Crippen molar-refractivity contribution in [3.63, 3.8) is 0 Å². The van der Waals surface area contributed by atoms with Crippen molar-refractivity contribution < 1.29 is 4.79 Å². The minimum Gasteiger partial charge on any atom is -0.372 e. The second kappa shape index (κ2) is 9.24. The maximum atomic E-state index is 11.9. The fourth-order valence-corrected chi connectivity index (χ4v) is 2.47. The van der Waals surface area contributed by atoms with Gasteiger partial charge in [0.25, 0.3) is 0 Å². The molecule has 2 aromatic carbocycles. The van der Waals surface area contributed by atoms with Crippen molar-refractivity contribution in [1.29, 1.82) is 5.26 Å². The summed E-state index contributed by atoms with van der Waals surface area (Å²) in [4.78, 5) is 14.2. The molecule has 0 bridgehead atoms. The van der Waals surface area contributed by atoms with Crippen molar-refractivity contribution in [2.45, 2.75) is 13.8 Å². The van der Waals surface area contributed by atoms with E-state index < -0.39 is 0 Å². The molecule has 2 rings (SSSR count). The van der Waals surface area contributed by atoms with Crippen molar-refractivity contribution in [2.24, 2.45) is 0 Å². The average molecular weight is 330 g/mol. The lowest BCUT2D eigenvalue weighted by atomic mass is 10.1. The Morgan fingerprint density at radius 3 is 1.84 bits per heavy atom. The molecule has 0 radical (unpaired) electrons. The van der Waals surface area contributed by atoms with Crippen molar-refractivity contribution in [3.8, 4) is 6.07 Å². The molecule has 0 saturated heterocycles. The van der Waals surface area contributed by atoms with E-state index in [9.17, 15) is 4.79 Å². The molecule has 0 aliphatic rings. The molecule has 126 valence electrons. The van der Waals surface area contributed by atoms with E-state index in [0.717, 1.165) is 24.2 Å². The highest BCUT2D eigenvalue weighted by Gasteiger charge is 2.00. The van der Waals surface area contributed by atoms with Crippen LogP contribution in [0.3, 0.4) is 0 Å². The van der Waals surface area contributed by atoms with Gasteiger partial charge >= 0.3 is 0 Å². The van der Waals surface area contributed by atoms with Crippen LogP contribution in [0.4, 0.5) is 5.69 Å². The summed E-state index contributed by atoms with van der Waals surface area (Å²) < 4.78 is 0. The van der Waals surface area contributed by atoms with Crippen LogP contribution in [0.2, 0.25) is 0 Å². The van der Waals surface area contributed by atoms with Crippen LogP contribution >= 0.6 is 0 Å². The fraction of sp³-hybridized carbons (Fsp3) is 0.182. The second-order valence-electron chi connectivity index (χ2n) is 5.57. The first-order chi connectivity index (χ1) is 12.2. The molecule has 0 spiro atoms. The van der Waals surface area contributed by atoms with E-state index in [1.165, 1.54) is 11.8 Å². The molecule has 0 atom stereocenters. The lowest BCUT2D eigenvalue weighted by Gasteiger charge is -2.20. The third-order valence-electron chi connectivity index (χ3n) is 3.94. The minimum atomic E-state index is -0.0721. The van der Waals surface area contributed by atoms with E-state index in [4.69, 9.17) is 5.26 Å². The van der Waals surface area contributed by atoms with Gasteiger partial charge in [0.2, 0.25) is 0 Å². The molecule has 0 heterocycles. The Labute approximate surface area is 149 Å². The number of carbonyl (C=O) groups is 1. The third kappa shape index (κ3) is 5.47. The molecule has 0 aliphatic heterocycles. The molecule has 0 aliphatic carbocycles. The predicted molar refractivity (Wildman–Crippen MR) is 104 cm³/mol. The molecule has 25 heavy (non-hydrogen) atoms. The number of ketones is 1. The molecule has 0 fully saturated rings. The standard InChI is InChI=1S/C22H22N2O/c1-3-24(4-2)21-13-9-19(10-14-21)12-16-22(25)15-11-18-5-7-20(17-23)8-6-18/h5-16H,3-4H2,1-2H3. The van der Waals surface area contributed by atoms with E-state index in [1.807, 2.05) is 30.3 Å². The molecule has 0 amide bonds. The van der Waals surface area contributed by atoms with Gasteiger partial charge in [0, 0.05) is 18.8 Å². The zero-order valence-corrected chi connectivity index (χ0v) is 14.6. The summed E-state index contributed by atoms with van der Waals surface area (Å²) >= 11 is 0. The van der Waals surface area contributed by atoms with Gasteiger partial charge in [-0.05, 0) is 61.4 Å². The van der Waals surface area contributed by atoms with Gasteiger partial charge in [0.15, 0.2) is 5.78 Å². The number of hydrogen-bond donors (Lipinski definition) is 0. The molecule has 0 N–H and O–H groups in total. The summed E-state index contributed by atoms with van der Waals surface area (Å²) in [7, 11) is 0. The van der Waals surface area contributed by atoms with E-state index in [2.05, 4.69) is 36.9 Å². The Kier molecular flexibility index (Phi) is 6.74. The van der Waals surface area contributed by atoms with Gasteiger partial charge in [-0.15, -0.1) is 0 Å². The van der Waals surface area contributed by atoms with Crippen LogP contribution in [0, 0.1) is 11.3 Å². The summed E-state index contributed by atoms with van der Waals surface area (Å²) in [6, 6.07) is 17.4. The van der Waals surface area contributed by atoms with Crippen LogP contribution in [0.5, 0.6) is 0 Å². The number of benzene rings is 2. The number of hydrogen-bond acceptors (Lipinski definition) is 3. The first kappa shape index (κ1) is 18.2. The molecule has 0 unspecified atom stereocenters. The maximum absolute atomic E-state index is 11.9. The van der Waals surface area contributed by atoms with Gasteiger partial charge in [0.1, 0.15) is 0 Å². The first-order valence-corrected chi connectivity index (χ1v) is 8.41. The Morgan fingerprint density at radius 2 is 1.40 bits per heavy atom. The Bertz CT molecular complexity index is 789. The lowest BCUT2D eigenvalue weighted by molar-refractivity contribution is -0.110. The summed E-state index contributed by atoms with van der Waals surface area (Å²) in [6.07, 6.45) is 6.66. The zero-order chi connectivity index (χ0) is 18.1. The zero-order valence-electron chi connectivity index (χ0n) is 14.6. The van der Waals surface area contributed by atoms with E-state index >= 15 is 0 Å². The van der Waals surface area contributed by atoms with Crippen LogP contribution in [-0.4, -0.2) is 18.9 Å². The normalized spacial score (nSPS) is 10.9. The Morgan fingerprint density at radius 1 is 0.920 bits per heavy atom. The summed E-state index contributed by atoms with van der Waals surface area (Å²) in [5.41, 5.74) is 3.69. The highest BCUT2D eigenvalue weighted by Crippen LogP contribution is 2.15. The van der Waals surface area contributed by atoms with E-state index in [0.29, 0.717) is 5.56 Å². The Hall–Kier alpha value is -3.12. The number of carbonyl (C=O) groups excluding carboxylic acids is 1. The highest BCUT2D eigenvalue weighted by atomic mass is 16.1. The number of rotatable bonds is 7. The quantitative estimate of drug-likeness (QED) is 0.691.